The van der Waals surface area contributed by atoms with Crippen molar-refractivity contribution in [1.29, 1.82) is 0 Å². The molecule has 7 nitrogen and oxygen atoms in total. The van der Waals surface area contributed by atoms with Crippen molar-refractivity contribution in [2.75, 3.05) is 10.6 Å². The lowest BCUT2D eigenvalue weighted by Crippen LogP contribution is -2.23. The van der Waals surface area contributed by atoms with Crippen LogP contribution in [0.15, 0.2) is 30.6 Å². The number of halogens is 1. The third kappa shape index (κ3) is 2.23. The lowest BCUT2D eigenvalue weighted by atomic mass is 10.2. The Balaban J connectivity index is 1.71. The van der Waals surface area contributed by atoms with Crippen LogP contribution in [0.1, 0.15) is 12.5 Å². The molecule has 1 aromatic carbocycles. The minimum Gasteiger partial charge on any atom is -0.325 e. The fourth-order valence-electron chi connectivity index (χ4n) is 1.99. The molecule has 1 aromatic heterocycles. The summed E-state index contributed by atoms with van der Waals surface area (Å²) in [6.07, 6.45) is 1.29. The first-order chi connectivity index (χ1) is 9.65. The van der Waals surface area contributed by atoms with E-state index in [0.717, 1.165) is 0 Å². The summed E-state index contributed by atoms with van der Waals surface area (Å²) < 4.78 is 1.40. The summed E-state index contributed by atoms with van der Waals surface area (Å²) in [7, 11) is 0. The first-order valence-corrected chi connectivity index (χ1v) is 6.27. The second kappa shape index (κ2) is 4.93. The molecule has 2 amide bonds. The third-order valence-corrected chi connectivity index (χ3v) is 3.26. The Labute approximate surface area is 118 Å². The molecule has 2 N–H and O–H groups in total. The summed E-state index contributed by atoms with van der Waals surface area (Å²) in [5.74, 6) is -0.262. The molecular weight excluding hydrogens is 282 g/mol. The molecule has 0 saturated carbocycles. The Bertz CT molecular complexity index is 684. The highest BCUT2D eigenvalue weighted by atomic mass is 35.5. The Kier molecular flexibility index (Phi) is 3.11. The van der Waals surface area contributed by atoms with Crippen molar-refractivity contribution >= 4 is 35.1 Å². The molecule has 3 rings (SSSR count). The predicted octanol–water partition coefficient (Wildman–Crippen LogP) is 1.45. The van der Waals surface area contributed by atoms with Crippen LogP contribution in [0.25, 0.3) is 0 Å². The fourth-order valence-corrected chi connectivity index (χ4v) is 2.17. The number of aromatic nitrogens is 3. The number of amides is 2. The molecule has 0 bridgehead atoms. The lowest BCUT2D eigenvalue weighted by Gasteiger charge is -2.10. The number of fused-ring (bicyclic) bond motifs is 1. The summed E-state index contributed by atoms with van der Waals surface area (Å²) in [5, 5.41) is 9.59. The van der Waals surface area contributed by atoms with Crippen LogP contribution in [0.4, 0.5) is 11.6 Å². The van der Waals surface area contributed by atoms with E-state index in [1.165, 1.54) is 11.0 Å². The Morgan fingerprint density at radius 2 is 2.25 bits per heavy atom. The van der Waals surface area contributed by atoms with Crippen LogP contribution in [0.5, 0.6) is 0 Å². The molecule has 0 fully saturated rings. The summed E-state index contributed by atoms with van der Waals surface area (Å²) in [6, 6.07) is 6.21. The van der Waals surface area contributed by atoms with E-state index in [4.69, 9.17) is 11.6 Å². The standard InChI is InChI=1S/C12H10ClN5O2/c13-7-3-1-2-4-8(7)16-10(19)5-9-11(20)17-12-14-6-15-18(9)12/h1-4,6,9H,5H2,(H,16,19)(H,14,15,17,20)/t9-/m1/s1. The van der Waals surface area contributed by atoms with Gasteiger partial charge in [-0.1, -0.05) is 23.7 Å². The SMILES string of the molecule is O=C(C[C@@H]1C(=O)Nc2ncnn21)Nc1ccccc1Cl. The van der Waals surface area contributed by atoms with E-state index in [1.807, 2.05) is 0 Å². The monoisotopic (exact) mass is 291 g/mol. The highest BCUT2D eigenvalue weighted by Crippen LogP contribution is 2.25. The molecule has 2 aromatic rings. The first kappa shape index (κ1) is 12.6. The molecule has 1 aliphatic heterocycles. The molecule has 1 atom stereocenters. The number of hydrogen-bond acceptors (Lipinski definition) is 4. The van der Waals surface area contributed by atoms with E-state index < -0.39 is 6.04 Å². The van der Waals surface area contributed by atoms with Crippen LogP contribution in [0, 0.1) is 0 Å². The van der Waals surface area contributed by atoms with Gasteiger partial charge in [-0.2, -0.15) is 10.1 Å². The molecule has 2 heterocycles. The molecule has 20 heavy (non-hydrogen) atoms. The van der Waals surface area contributed by atoms with Crippen molar-refractivity contribution in [3.63, 3.8) is 0 Å². The van der Waals surface area contributed by atoms with Gasteiger partial charge in [-0.05, 0) is 12.1 Å². The van der Waals surface area contributed by atoms with Gasteiger partial charge in [0, 0.05) is 0 Å². The second-order valence-corrected chi connectivity index (χ2v) is 4.67. The molecule has 8 heteroatoms. The maximum Gasteiger partial charge on any atom is 0.252 e. The smallest absolute Gasteiger partial charge is 0.252 e. The maximum atomic E-state index is 12.0. The second-order valence-electron chi connectivity index (χ2n) is 4.27. The molecule has 0 aliphatic carbocycles. The predicted molar refractivity (Wildman–Crippen MR) is 72.4 cm³/mol. The Morgan fingerprint density at radius 3 is 3.05 bits per heavy atom. The van der Waals surface area contributed by atoms with E-state index in [1.54, 1.807) is 24.3 Å². The van der Waals surface area contributed by atoms with Crippen LogP contribution in [0.2, 0.25) is 5.02 Å². The molecule has 1 aliphatic rings. The summed E-state index contributed by atoms with van der Waals surface area (Å²) in [5.41, 5.74) is 0.511. The van der Waals surface area contributed by atoms with Crippen LogP contribution in [-0.4, -0.2) is 26.6 Å². The maximum absolute atomic E-state index is 12.0. The Morgan fingerprint density at radius 1 is 1.45 bits per heavy atom. The summed E-state index contributed by atoms with van der Waals surface area (Å²) in [6.45, 7) is 0. The van der Waals surface area contributed by atoms with Gasteiger partial charge in [0.25, 0.3) is 5.91 Å². The molecule has 0 radical (unpaired) electrons. The van der Waals surface area contributed by atoms with Gasteiger partial charge in [0.1, 0.15) is 12.4 Å². The zero-order chi connectivity index (χ0) is 14.1. The minimum atomic E-state index is -0.685. The van der Waals surface area contributed by atoms with Crippen molar-refractivity contribution in [3.8, 4) is 0 Å². The van der Waals surface area contributed by atoms with Crippen LogP contribution < -0.4 is 10.6 Å². The van der Waals surface area contributed by atoms with Crippen LogP contribution in [-0.2, 0) is 9.59 Å². The average Bonchev–Trinajstić information content (AvgIpc) is 2.96. The van der Waals surface area contributed by atoms with Crippen molar-refractivity contribution in [2.45, 2.75) is 12.5 Å². The lowest BCUT2D eigenvalue weighted by molar-refractivity contribution is -0.123. The van der Waals surface area contributed by atoms with E-state index in [0.29, 0.717) is 16.7 Å². The van der Waals surface area contributed by atoms with Crippen molar-refractivity contribution in [1.82, 2.24) is 14.8 Å². The number of nitrogens with zero attached hydrogens (tertiary/aromatic N) is 3. The van der Waals surface area contributed by atoms with E-state index in [2.05, 4.69) is 20.7 Å². The topological polar surface area (TPSA) is 88.9 Å². The van der Waals surface area contributed by atoms with Crippen molar-refractivity contribution in [2.24, 2.45) is 0 Å². The molecule has 102 valence electrons. The number of hydrogen-bond donors (Lipinski definition) is 2. The Hall–Kier alpha value is -2.41. The quantitative estimate of drug-likeness (QED) is 0.896. The number of carbonyl (C=O) groups excluding carboxylic acids is 2. The third-order valence-electron chi connectivity index (χ3n) is 2.93. The van der Waals surface area contributed by atoms with Crippen LogP contribution in [0.3, 0.4) is 0 Å². The normalized spacial score (nSPS) is 16.6. The van der Waals surface area contributed by atoms with Crippen molar-refractivity contribution in [3.05, 3.63) is 35.6 Å². The highest BCUT2D eigenvalue weighted by molar-refractivity contribution is 6.33. The van der Waals surface area contributed by atoms with E-state index in [-0.39, 0.29) is 18.2 Å². The van der Waals surface area contributed by atoms with E-state index in [9.17, 15) is 9.59 Å². The van der Waals surface area contributed by atoms with Gasteiger partial charge in [0.2, 0.25) is 11.9 Å². The number of nitrogens with one attached hydrogen (secondary N) is 2. The van der Waals surface area contributed by atoms with Gasteiger partial charge in [-0.15, -0.1) is 0 Å². The van der Waals surface area contributed by atoms with Gasteiger partial charge < -0.3 is 5.32 Å². The molecular formula is C12H10ClN5O2. The van der Waals surface area contributed by atoms with Gasteiger partial charge in [0.05, 0.1) is 17.1 Å². The molecule has 0 saturated heterocycles. The van der Waals surface area contributed by atoms with E-state index >= 15 is 0 Å². The number of para-hydroxylation sites is 1. The summed E-state index contributed by atoms with van der Waals surface area (Å²) >= 11 is 5.96. The van der Waals surface area contributed by atoms with Gasteiger partial charge in [-0.3, -0.25) is 14.9 Å². The molecule has 0 spiro atoms. The average molecular weight is 292 g/mol. The first-order valence-electron chi connectivity index (χ1n) is 5.90. The zero-order valence-corrected chi connectivity index (χ0v) is 11.0. The number of rotatable bonds is 3. The number of benzene rings is 1. The number of carbonyl (C=O) groups is 2. The number of anilines is 2. The largest absolute Gasteiger partial charge is 0.325 e. The summed E-state index contributed by atoms with van der Waals surface area (Å²) in [4.78, 5) is 27.6. The van der Waals surface area contributed by atoms with Gasteiger partial charge in [-0.25, -0.2) is 4.68 Å². The fraction of sp³-hybridized carbons (Fsp3) is 0.167. The highest BCUT2D eigenvalue weighted by Gasteiger charge is 2.33. The van der Waals surface area contributed by atoms with Crippen LogP contribution >= 0.6 is 11.6 Å². The minimum absolute atomic E-state index is 0.0343. The van der Waals surface area contributed by atoms with Gasteiger partial charge >= 0.3 is 0 Å². The zero-order valence-electron chi connectivity index (χ0n) is 10.2. The molecule has 0 unspecified atom stereocenters. The van der Waals surface area contributed by atoms with Crippen molar-refractivity contribution < 1.29 is 9.59 Å². The van der Waals surface area contributed by atoms with Gasteiger partial charge in [0.15, 0.2) is 0 Å².